The van der Waals surface area contributed by atoms with Gasteiger partial charge in [0.2, 0.25) is 0 Å². The molecule has 0 atom stereocenters. The number of anilines is 1. The van der Waals surface area contributed by atoms with Crippen molar-refractivity contribution < 1.29 is 0 Å². The van der Waals surface area contributed by atoms with Gasteiger partial charge < -0.3 is 5.73 Å². The molecule has 0 unspecified atom stereocenters. The van der Waals surface area contributed by atoms with E-state index in [4.69, 9.17) is 5.73 Å². The molecule has 0 aliphatic carbocycles. The summed E-state index contributed by atoms with van der Waals surface area (Å²) in [6.07, 6.45) is 4.49. The van der Waals surface area contributed by atoms with Gasteiger partial charge in [-0.25, -0.2) is 0 Å². The number of H-pyrrole nitrogens is 1. The van der Waals surface area contributed by atoms with Crippen molar-refractivity contribution in [3.05, 3.63) is 42.7 Å². The summed E-state index contributed by atoms with van der Waals surface area (Å²) >= 11 is 0. The van der Waals surface area contributed by atoms with E-state index in [1.54, 1.807) is 12.4 Å². The fraction of sp³-hybridized carbons (Fsp3) is 0.273. The maximum Gasteiger partial charge on any atom is 0.0690 e. The number of rotatable bonds is 0. The summed E-state index contributed by atoms with van der Waals surface area (Å²) in [6, 6.07) is 9.49. The fourth-order valence-electron chi connectivity index (χ4n) is 0.620. The molecule has 2 rings (SSSR count). The summed E-state index contributed by atoms with van der Waals surface area (Å²) in [5.74, 6) is 0. The molecule has 0 aliphatic rings. The molecule has 0 radical (unpaired) electrons. The van der Waals surface area contributed by atoms with E-state index in [0.717, 1.165) is 5.69 Å². The number of nitrogens with one attached hydrogen (secondary N) is 1. The van der Waals surface area contributed by atoms with Crippen molar-refractivity contribution in [2.75, 3.05) is 5.73 Å². The monoisotopic (exact) mass is 206 g/mol. The van der Waals surface area contributed by atoms with Gasteiger partial charge in [-0.3, -0.25) is 5.10 Å². The largest absolute Gasteiger partial charge is 0.399 e. The van der Waals surface area contributed by atoms with Crippen molar-refractivity contribution in [1.82, 2.24) is 15.4 Å². The molecule has 0 fully saturated rings. The van der Waals surface area contributed by atoms with E-state index in [1.165, 1.54) is 6.42 Å². The van der Waals surface area contributed by atoms with Gasteiger partial charge in [0.1, 0.15) is 0 Å². The van der Waals surface area contributed by atoms with Gasteiger partial charge in [0.05, 0.1) is 6.20 Å². The molecule has 0 saturated carbocycles. The third-order valence-corrected chi connectivity index (χ3v) is 1.13. The highest BCUT2D eigenvalue weighted by molar-refractivity contribution is 5.35. The van der Waals surface area contributed by atoms with Crippen LogP contribution >= 0.6 is 0 Å². The minimum atomic E-state index is 0.822. The van der Waals surface area contributed by atoms with Crippen LogP contribution in [0.5, 0.6) is 0 Å². The van der Waals surface area contributed by atoms with Crippen LogP contribution in [-0.2, 0) is 0 Å². The molecule has 1 heterocycles. The first kappa shape index (κ1) is 13.2. The number of aromatic nitrogens is 3. The summed E-state index contributed by atoms with van der Waals surface area (Å²) < 4.78 is 0. The van der Waals surface area contributed by atoms with Crippen LogP contribution in [0.3, 0.4) is 0 Å². The van der Waals surface area contributed by atoms with Gasteiger partial charge in [-0.05, 0) is 12.1 Å². The predicted molar refractivity (Wildman–Crippen MR) is 63.2 cm³/mol. The van der Waals surface area contributed by atoms with Gasteiger partial charge >= 0.3 is 0 Å². The maximum atomic E-state index is 5.36. The third kappa shape index (κ3) is 10.1. The van der Waals surface area contributed by atoms with E-state index in [0.29, 0.717) is 0 Å². The molecule has 82 valence electrons. The van der Waals surface area contributed by atoms with Crippen molar-refractivity contribution in [3.8, 4) is 0 Å². The Labute approximate surface area is 90.5 Å². The van der Waals surface area contributed by atoms with Crippen LogP contribution in [0.15, 0.2) is 42.7 Å². The molecule has 2 aromatic rings. The van der Waals surface area contributed by atoms with E-state index in [-0.39, 0.29) is 0 Å². The number of para-hydroxylation sites is 1. The molecule has 15 heavy (non-hydrogen) atoms. The van der Waals surface area contributed by atoms with Gasteiger partial charge in [-0.15, -0.1) is 5.10 Å². The van der Waals surface area contributed by atoms with Crippen molar-refractivity contribution >= 4 is 5.69 Å². The lowest BCUT2D eigenvalue weighted by molar-refractivity contribution is 0.940. The Morgan fingerprint density at radius 1 is 1.20 bits per heavy atom. The molecule has 0 spiro atoms. The topological polar surface area (TPSA) is 67.6 Å². The van der Waals surface area contributed by atoms with Crippen LogP contribution in [-0.4, -0.2) is 15.4 Å². The smallest absolute Gasteiger partial charge is 0.0690 e. The standard InChI is InChI=1S/C6H7N.C3H8.C2H3N3/c7-6-4-2-1-3-5-6;1-3-2;1-2-4-5-3-1/h1-5H,7H2;3H2,1-2H3;1-2H,(H,3,4,5). The second-order valence-electron chi connectivity index (χ2n) is 2.78. The molecular weight excluding hydrogens is 188 g/mol. The Morgan fingerprint density at radius 2 is 1.80 bits per heavy atom. The Balaban J connectivity index is 0.000000216. The first-order chi connectivity index (χ1) is 7.31. The Hall–Kier alpha value is -1.84. The Kier molecular flexibility index (Phi) is 8.99. The number of hydrogen-bond donors (Lipinski definition) is 2. The van der Waals surface area contributed by atoms with Gasteiger partial charge in [0, 0.05) is 11.9 Å². The number of benzene rings is 1. The third-order valence-electron chi connectivity index (χ3n) is 1.13. The van der Waals surface area contributed by atoms with Crippen LogP contribution in [0.4, 0.5) is 5.69 Å². The highest BCUT2D eigenvalue weighted by Gasteiger charge is 1.72. The van der Waals surface area contributed by atoms with Crippen LogP contribution < -0.4 is 5.73 Å². The summed E-state index contributed by atoms with van der Waals surface area (Å²) in [5, 5.41) is 9.26. The number of hydrogen-bond acceptors (Lipinski definition) is 3. The molecule has 0 aliphatic heterocycles. The average Bonchev–Trinajstić information content (AvgIpc) is 2.78. The number of nitrogens with zero attached hydrogens (tertiary/aromatic N) is 2. The molecule has 1 aromatic heterocycles. The lowest BCUT2D eigenvalue weighted by Gasteiger charge is -1.83. The van der Waals surface area contributed by atoms with Crippen LogP contribution in [0.1, 0.15) is 20.3 Å². The number of aromatic amines is 1. The van der Waals surface area contributed by atoms with Gasteiger partial charge in [0.15, 0.2) is 0 Å². The normalized spacial score (nSPS) is 7.87. The van der Waals surface area contributed by atoms with Crippen molar-refractivity contribution in [2.45, 2.75) is 20.3 Å². The highest BCUT2D eigenvalue weighted by atomic mass is 15.3. The fourth-order valence-corrected chi connectivity index (χ4v) is 0.620. The van der Waals surface area contributed by atoms with Gasteiger partial charge in [-0.1, -0.05) is 43.7 Å². The molecule has 1 aromatic carbocycles. The summed E-state index contributed by atoms with van der Waals surface area (Å²) in [5.41, 5.74) is 6.18. The zero-order chi connectivity index (χ0) is 11.4. The lowest BCUT2D eigenvalue weighted by Crippen LogP contribution is -1.79. The van der Waals surface area contributed by atoms with E-state index < -0.39 is 0 Å². The Morgan fingerprint density at radius 3 is 2.00 bits per heavy atom. The summed E-state index contributed by atoms with van der Waals surface area (Å²) in [4.78, 5) is 0. The molecule has 0 amide bonds. The van der Waals surface area contributed by atoms with Gasteiger partial charge in [0.25, 0.3) is 0 Å². The zero-order valence-corrected chi connectivity index (χ0v) is 9.22. The molecule has 3 N–H and O–H groups in total. The van der Waals surface area contributed by atoms with Crippen LogP contribution in [0.2, 0.25) is 0 Å². The van der Waals surface area contributed by atoms with Crippen LogP contribution in [0, 0.1) is 0 Å². The van der Waals surface area contributed by atoms with Crippen LogP contribution in [0.25, 0.3) is 0 Å². The van der Waals surface area contributed by atoms with E-state index in [2.05, 4.69) is 29.3 Å². The van der Waals surface area contributed by atoms with Gasteiger partial charge in [-0.2, -0.15) is 0 Å². The van der Waals surface area contributed by atoms with Crippen molar-refractivity contribution in [1.29, 1.82) is 0 Å². The minimum absolute atomic E-state index is 0.822. The first-order valence-electron chi connectivity index (χ1n) is 4.92. The Bertz CT molecular complexity index is 274. The molecule has 0 saturated heterocycles. The summed E-state index contributed by atoms with van der Waals surface area (Å²) in [6.45, 7) is 4.25. The molecule has 0 bridgehead atoms. The molecule has 4 nitrogen and oxygen atoms in total. The average molecular weight is 206 g/mol. The minimum Gasteiger partial charge on any atom is -0.399 e. The van der Waals surface area contributed by atoms with Crippen molar-refractivity contribution in [3.63, 3.8) is 0 Å². The van der Waals surface area contributed by atoms with E-state index in [1.807, 2.05) is 30.3 Å². The maximum absolute atomic E-state index is 5.36. The second kappa shape index (κ2) is 10.2. The number of nitrogen functional groups attached to an aromatic ring is 1. The number of nitrogens with two attached hydrogens (primary N) is 1. The zero-order valence-electron chi connectivity index (χ0n) is 9.22. The van der Waals surface area contributed by atoms with Crippen molar-refractivity contribution in [2.24, 2.45) is 0 Å². The molecular formula is C11H18N4. The SMILES string of the molecule is CCC.Nc1ccccc1.c1c[nH]nn1. The predicted octanol–water partition coefficient (Wildman–Crippen LogP) is 2.49. The quantitative estimate of drug-likeness (QED) is 0.651. The lowest BCUT2D eigenvalue weighted by atomic mass is 10.3. The van der Waals surface area contributed by atoms with E-state index >= 15 is 0 Å². The summed E-state index contributed by atoms with van der Waals surface area (Å²) in [7, 11) is 0. The highest BCUT2D eigenvalue weighted by Crippen LogP contribution is 1.95. The second-order valence-corrected chi connectivity index (χ2v) is 2.78. The first-order valence-corrected chi connectivity index (χ1v) is 4.92. The van der Waals surface area contributed by atoms with E-state index in [9.17, 15) is 0 Å². The molecule has 4 heteroatoms.